The van der Waals surface area contributed by atoms with Crippen LogP contribution in [0.5, 0.6) is 0 Å². The number of nitrogens with two attached hydrogens (primary N) is 1. The average Bonchev–Trinajstić information content (AvgIpc) is 2.68. The van der Waals surface area contributed by atoms with Gasteiger partial charge < -0.3 is 10.3 Å². The van der Waals surface area contributed by atoms with Crippen molar-refractivity contribution in [2.75, 3.05) is 6.54 Å². The highest BCUT2D eigenvalue weighted by Crippen LogP contribution is 2.26. The molecule has 16 heavy (non-hydrogen) atoms. The first-order valence-corrected chi connectivity index (χ1v) is 5.92. The van der Waals surface area contributed by atoms with Crippen LogP contribution in [0.2, 0.25) is 0 Å². The molecule has 5 heteroatoms. The van der Waals surface area contributed by atoms with Gasteiger partial charge in [-0.15, -0.1) is 0 Å². The summed E-state index contributed by atoms with van der Waals surface area (Å²) in [4.78, 5) is 8.63. The lowest BCUT2D eigenvalue weighted by Gasteiger charge is -2.06. The van der Waals surface area contributed by atoms with Crippen LogP contribution in [0, 0.1) is 0 Å². The molecule has 0 atom stereocenters. The summed E-state index contributed by atoms with van der Waals surface area (Å²) in [6.07, 6.45) is 6.35. The minimum absolute atomic E-state index is 0.639. The van der Waals surface area contributed by atoms with Crippen molar-refractivity contribution in [1.29, 1.82) is 0 Å². The topological polar surface area (TPSA) is 56.7 Å². The Kier molecular flexibility index (Phi) is 3.58. The number of nitrogens with zero attached hydrogens (tertiary/aromatic N) is 3. The molecule has 0 radical (unpaired) electrons. The molecule has 0 saturated heterocycles. The molecule has 0 bridgehead atoms. The minimum atomic E-state index is 0.639. The summed E-state index contributed by atoms with van der Waals surface area (Å²) in [7, 11) is 1.97. The maximum absolute atomic E-state index is 5.57. The second-order valence-corrected chi connectivity index (χ2v) is 4.39. The van der Waals surface area contributed by atoms with Crippen molar-refractivity contribution in [1.82, 2.24) is 14.5 Å². The molecule has 2 aromatic heterocycles. The Morgan fingerprint density at radius 1 is 1.38 bits per heavy atom. The fraction of sp³-hybridized carbons (Fsp3) is 0.273. The fourth-order valence-corrected chi connectivity index (χ4v) is 2.30. The molecule has 0 amide bonds. The van der Waals surface area contributed by atoms with Crippen LogP contribution < -0.4 is 5.73 Å². The van der Waals surface area contributed by atoms with E-state index >= 15 is 0 Å². The Morgan fingerprint density at radius 2 is 2.25 bits per heavy atom. The second-order valence-electron chi connectivity index (χ2n) is 3.43. The van der Waals surface area contributed by atoms with E-state index in [0.717, 1.165) is 16.6 Å². The second kappa shape index (κ2) is 5.14. The summed E-state index contributed by atoms with van der Waals surface area (Å²) in [6.45, 7) is 0.639. The van der Waals surface area contributed by atoms with Crippen molar-refractivity contribution < 1.29 is 0 Å². The van der Waals surface area contributed by atoms with E-state index in [4.69, 9.17) is 5.73 Å². The number of imidazole rings is 1. The van der Waals surface area contributed by atoms with Crippen LogP contribution in [-0.4, -0.2) is 21.1 Å². The molecule has 4 nitrogen and oxygen atoms in total. The van der Waals surface area contributed by atoms with Gasteiger partial charge in [0.05, 0.1) is 0 Å². The Morgan fingerprint density at radius 3 is 2.94 bits per heavy atom. The van der Waals surface area contributed by atoms with Gasteiger partial charge in [0.15, 0.2) is 5.16 Å². The smallest absolute Gasteiger partial charge is 0.174 e. The fourth-order valence-electron chi connectivity index (χ4n) is 1.40. The number of aryl methyl sites for hydroxylation is 1. The third kappa shape index (κ3) is 2.43. The number of pyridine rings is 1. The van der Waals surface area contributed by atoms with Gasteiger partial charge in [0.1, 0.15) is 5.03 Å². The van der Waals surface area contributed by atoms with Crippen molar-refractivity contribution >= 4 is 11.8 Å². The highest BCUT2D eigenvalue weighted by atomic mass is 32.2. The maximum Gasteiger partial charge on any atom is 0.174 e. The molecule has 0 aliphatic heterocycles. The van der Waals surface area contributed by atoms with Crippen LogP contribution in [0.3, 0.4) is 0 Å². The third-order valence-electron chi connectivity index (χ3n) is 2.23. The quantitative estimate of drug-likeness (QED) is 0.870. The molecule has 2 N–H and O–H groups in total. The SMILES string of the molecule is Cn1ccnc1Sc1ncccc1CCN. The van der Waals surface area contributed by atoms with E-state index in [1.807, 2.05) is 23.9 Å². The van der Waals surface area contributed by atoms with E-state index in [0.29, 0.717) is 6.54 Å². The van der Waals surface area contributed by atoms with Gasteiger partial charge in [0.2, 0.25) is 0 Å². The summed E-state index contributed by atoms with van der Waals surface area (Å²) in [5.74, 6) is 0. The predicted molar refractivity (Wildman–Crippen MR) is 64.3 cm³/mol. The van der Waals surface area contributed by atoms with Crippen molar-refractivity contribution in [2.45, 2.75) is 16.6 Å². The molecule has 0 aromatic carbocycles. The van der Waals surface area contributed by atoms with Crippen LogP contribution >= 0.6 is 11.8 Å². The lowest BCUT2D eigenvalue weighted by atomic mass is 10.2. The van der Waals surface area contributed by atoms with Gasteiger partial charge in [0, 0.05) is 25.6 Å². The summed E-state index contributed by atoms with van der Waals surface area (Å²) in [6, 6.07) is 4.00. The maximum atomic E-state index is 5.57. The molecule has 0 aliphatic carbocycles. The summed E-state index contributed by atoms with van der Waals surface area (Å²) < 4.78 is 1.98. The summed E-state index contributed by atoms with van der Waals surface area (Å²) in [5.41, 5.74) is 6.75. The van der Waals surface area contributed by atoms with E-state index in [9.17, 15) is 0 Å². The van der Waals surface area contributed by atoms with Crippen LogP contribution in [0.15, 0.2) is 40.9 Å². The lowest BCUT2D eigenvalue weighted by molar-refractivity contribution is 0.787. The molecular weight excluding hydrogens is 220 g/mol. The number of aromatic nitrogens is 3. The van der Waals surface area contributed by atoms with Crippen LogP contribution in [-0.2, 0) is 13.5 Å². The number of hydrogen-bond acceptors (Lipinski definition) is 4. The Hall–Kier alpha value is -1.33. The van der Waals surface area contributed by atoms with Gasteiger partial charge in [-0.3, -0.25) is 0 Å². The minimum Gasteiger partial charge on any atom is -0.330 e. The first-order valence-electron chi connectivity index (χ1n) is 5.10. The molecule has 2 rings (SSSR count). The van der Waals surface area contributed by atoms with Crippen LogP contribution in [0.4, 0.5) is 0 Å². The van der Waals surface area contributed by atoms with Crippen LogP contribution in [0.25, 0.3) is 0 Å². The summed E-state index contributed by atoms with van der Waals surface area (Å²) in [5, 5.41) is 1.93. The highest BCUT2D eigenvalue weighted by Gasteiger charge is 2.07. The monoisotopic (exact) mass is 234 g/mol. The first kappa shape index (κ1) is 11.2. The molecule has 84 valence electrons. The molecule has 2 heterocycles. The van der Waals surface area contributed by atoms with Gasteiger partial charge in [-0.05, 0) is 36.4 Å². The van der Waals surface area contributed by atoms with E-state index < -0.39 is 0 Å². The third-order valence-corrected chi connectivity index (χ3v) is 3.37. The molecule has 2 aromatic rings. The van der Waals surface area contributed by atoms with E-state index in [1.165, 1.54) is 5.56 Å². The van der Waals surface area contributed by atoms with Crippen molar-refractivity contribution in [3.8, 4) is 0 Å². The lowest BCUT2D eigenvalue weighted by Crippen LogP contribution is -2.04. The molecule has 0 aliphatic rings. The zero-order valence-corrected chi connectivity index (χ0v) is 9.94. The van der Waals surface area contributed by atoms with Crippen LogP contribution in [0.1, 0.15) is 5.56 Å². The molecule has 0 spiro atoms. The summed E-state index contributed by atoms with van der Waals surface area (Å²) >= 11 is 1.57. The van der Waals surface area contributed by atoms with Gasteiger partial charge >= 0.3 is 0 Å². The standard InChI is InChI=1S/C11H14N4S/c1-15-8-7-14-11(15)16-10-9(4-5-12)3-2-6-13-10/h2-3,6-8H,4-5,12H2,1H3. The Labute approximate surface area is 98.9 Å². The van der Waals surface area contributed by atoms with Gasteiger partial charge in [-0.25, -0.2) is 9.97 Å². The van der Waals surface area contributed by atoms with Gasteiger partial charge in [-0.1, -0.05) is 6.07 Å². The van der Waals surface area contributed by atoms with E-state index in [1.54, 1.807) is 24.2 Å². The Bertz CT molecular complexity index is 467. The van der Waals surface area contributed by atoms with E-state index in [-0.39, 0.29) is 0 Å². The van der Waals surface area contributed by atoms with E-state index in [2.05, 4.69) is 16.0 Å². The van der Waals surface area contributed by atoms with Crippen molar-refractivity contribution in [3.63, 3.8) is 0 Å². The van der Waals surface area contributed by atoms with Gasteiger partial charge in [0.25, 0.3) is 0 Å². The largest absolute Gasteiger partial charge is 0.330 e. The zero-order chi connectivity index (χ0) is 11.4. The first-order chi connectivity index (χ1) is 7.81. The predicted octanol–water partition coefficient (Wildman–Crippen LogP) is 1.47. The molecule has 0 unspecified atom stereocenters. The van der Waals surface area contributed by atoms with Crippen molar-refractivity contribution in [3.05, 3.63) is 36.3 Å². The zero-order valence-electron chi connectivity index (χ0n) is 9.13. The van der Waals surface area contributed by atoms with Gasteiger partial charge in [-0.2, -0.15) is 0 Å². The molecule has 0 fully saturated rings. The van der Waals surface area contributed by atoms with Crippen molar-refractivity contribution in [2.24, 2.45) is 12.8 Å². The highest BCUT2D eigenvalue weighted by molar-refractivity contribution is 7.99. The molecular formula is C11H14N4S. The Balaban J connectivity index is 2.24. The number of hydrogen-bond donors (Lipinski definition) is 1. The number of rotatable bonds is 4. The average molecular weight is 234 g/mol. The molecule has 0 saturated carbocycles. The normalized spacial score (nSPS) is 10.6.